The number of hydrogen-bond acceptors (Lipinski definition) is 3. The Morgan fingerprint density at radius 2 is 1.44 bits per heavy atom. The second kappa shape index (κ2) is 6.48. The quantitative estimate of drug-likeness (QED) is 0.620. The first-order valence-electron chi connectivity index (χ1n) is 5.62. The molecule has 0 heterocycles. The molecule has 4 N–H and O–H groups in total. The minimum absolute atomic E-state index is 0.0559. The summed E-state index contributed by atoms with van der Waals surface area (Å²) in [6, 6.07) is -1.07. The van der Waals surface area contributed by atoms with E-state index in [9.17, 15) is 9.59 Å². The third kappa shape index (κ3) is 5.11. The average molecular weight is 229 g/mol. The van der Waals surface area contributed by atoms with Gasteiger partial charge in [-0.2, -0.15) is 0 Å². The van der Waals surface area contributed by atoms with Crippen LogP contribution < -0.4 is 16.4 Å². The minimum Gasteiger partial charge on any atom is -0.352 e. The largest absolute Gasteiger partial charge is 0.352 e. The molecule has 0 aromatic rings. The SMILES string of the molecule is CC(C)NC(=O)[C@H](C)NC(=O)[C@@H](N)C(C)C. The summed E-state index contributed by atoms with van der Waals surface area (Å²) in [7, 11) is 0. The zero-order chi connectivity index (χ0) is 12.9. The standard InChI is InChI=1S/C11H23N3O2/c1-6(2)9(12)11(16)14-8(5)10(15)13-7(3)4/h6-9H,12H2,1-5H3,(H,13,15)(H,14,16)/t8-,9-/m0/s1. The number of amides is 2. The Labute approximate surface area is 97.2 Å². The summed E-state index contributed by atoms with van der Waals surface area (Å²) < 4.78 is 0. The second-order valence-electron chi connectivity index (χ2n) is 4.66. The normalized spacial score (nSPS) is 14.8. The summed E-state index contributed by atoms with van der Waals surface area (Å²) in [5.74, 6) is -0.430. The molecule has 0 spiro atoms. The van der Waals surface area contributed by atoms with Gasteiger partial charge in [-0.3, -0.25) is 9.59 Å². The fourth-order valence-corrected chi connectivity index (χ4v) is 1.09. The summed E-state index contributed by atoms with van der Waals surface area (Å²) in [6.07, 6.45) is 0. The highest BCUT2D eigenvalue weighted by Crippen LogP contribution is 1.98. The van der Waals surface area contributed by atoms with Gasteiger partial charge in [0.25, 0.3) is 0 Å². The minimum atomic E-state index is -0.575. The number of rotatable bonds is 5. The lowest BCUT2D eigenvalue weighted by Crippen LogP contribution is -2.52. The van der Waals surface area contributed by atoms with Gasteiger partial charge in [0.1, 0.15) is 6.04 Å². The van der Waals surface area contributed by atoms with Crippen LogP contribution in [-0.4, -0.2) is 29.9 Å². The number of carbonyl (C=O) groups is 2. The Morgan fingerprint density at radius 1 is 0.938 bits per heavy atom. The molecule has 16 heavy (non-hydrogen) atoms. The Balaban J connectivity index is 4.18. The van der Waals surface area contributed by atoms with Crippen molar-refractivity contribution in [3.05, 3.63) is 0 Å². The molecule has 0 unspecified atom stereocenters. The van der Waals surface area contributed by atoms with E-state index in [0.29, 0.717) is 0 Å². The topological polar surface area (TPSA) is 84.2 Å². The van der Waals surface area contributed by atoms with Crippen LogP contribution in [0.25, 0.3) is 0 Å². The molecule has 2 atom stereocenters. The van der Waals surface area contributed by atoms with Crippen molar-refractivity contribution in [2.45, 2.75) is 52.7 Å². The number of nitrogens with one attached hydrogen (secondary N) is 2. The van der Waals surface area contributed by atoms with Crippen LogP contribution in [0.1, 0.15) is 34.6 Å². The lowest BCUT2D eigenvalue weighted by Gasteiger charge is -2.20. The third-order valence-electron chi connectivity index (χ3n) is 2.20. The molecule has 5 heteroatoms. The van der Waals surface area contributed by atoms with Crippen LogP contribution in [0, 0.1) is 5.92 Å². The van der Waals surface area contributed by atoms with Crippen LogP contribution in [0.15, 0.2) is 0 Å². The predicted molar refractivity (Wildman–Crippen MR) is 63.7 cm³/mol. The van der Waals surface area contributed by atoms with Crippen LogP contribution in [0.2, 0.25) is 0 Å². The van der Waals surface area contributed by atoms with E-state index in [0.717, 1.165) is 0 Å². The van der Waals surface area contributed by atoms with Crippen molar-refractivity contribution < 1.29 is 9.59 Å². The Kier molecular flexibility index (Phi) is 6.03. The van der Waals surface area contributed by atoms with E-state index in [1.807, 2.05) is 27.7 Å². The number of carbonyl (C=O) groups excluding carboxylic acids is 2. The van der Waals surface area contributed by atoms with Gasteiger partial charge in [-0.25, -0.2) is 0 Å². The molecule has 0 rings (SSSR count). The fourth-order valence-electron chi connectivity index (χ4n) is 1.09. The molecule has 0 aliphatic heterocycles. The molecule has 0 bridgehead atoms. The van der Waals surface area contributed by atoms with Gasteiger partial charge in [-0.1, -0.05) is 13.8 Å². The van der Waals surface area contributed by atoms with Crippen molar-refractivity contribution in [3.63, 3.8) is 0 Å². The lowest BCUT2D eigenvalue weighted by molar-refractivity contribution is -0.130. The Hall–Kier alpha value is -1.10. The first-order chi connectivity index (χ1) is 7.25. The van der Waals surface area contributed by atoms with Gasteiger partial charge in [0.2, 0.25) is 11.8 Å². The van der Waals surface area contributed by atoms with Crippen LogP contribution in [0.4, 0.5) is 0 Å². The van der Waals surface area contributed by atoms with Crippen molar-refractivity contribution in [3.8, 4) is 0 Å². The Bertz CT molecular complexity index is 252. The van der Waals surface area contributed by atoms with Crippen molar-refractivity contribution in [1.29, 1.82) is 0 Å². The summed E-state index contributed by atoms with van der Waals surface area (Å²) in [4.78, 5) is 23.1. The number of nitrogens with two attached hydrogens (primary N) is 1. The first-order valence-corrected chi connectivity index (χ1v) is 5.62. The molecule has 0 aliphatic rings. The molecule has 0 aromatic heterocycles. The van der Waals surface area contributed by atoms with Crippen molar-refractivity contribution in [2.75, 3.05) is 0 Å². The number of hydrogen-bond donors (Lipinski definition) is 3. The molecule has 0 saturated heterocycles. The molecular formula is C11H23N3O2. The van der Waals surface area contributed by atoms with Crippen LogP contribution >= 0.6 is 0 Å². The predicted octanol–water partition coefficient (Wildman–Crippen LogP) is -0.001000. The monoisotopic (exact) mass is 229 g/mol. The maximum absolute atomic E-state index is 11.6. The molecule has 0 fully saturated rings. The lowest BCUT2D eigenvalue weighted by atomic mass is 10.0. The van der Waals surface area contributed by atoms with E-state index >= 15 is 0 Å². The zero-order valence-electron chi connectivity index (χ0n) is 10.7. The average Bonchev–Trinajstić information content (AvgIpc) is 2.14. The molecule has 5 nitrogen and oxygen atoms in total. The van der Waals surface area contributed by atoms with Crippen LogP contribution in [0.5, 0.6) is 0 Å². The van der Waals surface area contributed by atoms with E-state index < -0.39 is 12.1 Å². The van der Waals surface area contributed by atoms with Crippen molar-refractivity contribution >= 4 is 11.8 Å². The van der Waals surface area contributed by atoms with Gasteiger partial charge in [-0.15, -0.1) is 0 Å². The second-order valence-corrected chi connectivity index (χ2v) is 4.66. The molecular weight excluding hydrogens is 206 g/mol. The van der Waals surface area contributed by atoms with E-state index in [4.69, 9.17) is 5.73 Å². The third-order valence-corrected chi connectivity index (χ3v) is 2.20. The Morgan fingerprint density at radius 3 is 1.81 bits per heavy atom. The van der Waals surface area contributed by atoms with Gasteiger partial charge >= 0.3 is 0 Å². The summed E-state index contributed by atoms with van der Waals surface area (Å²) in [5, 5.41) is 5.31. The maximum atomic E-state index is 11.6. The highest BCUT2D eigenvalue weighted by atomic mass is 16.2. The van der Waals surface area contributed by atoms with Gasteiger partial charge in [0.15, 0.2) is 0 Å². The van der Waals surface area contributed by atoms with Gasteiger partial charge in [0, 0.05) is 6.04 Å². The molecule has 2 amide bonds. The maximum Gasteiger partial charge on any atom is 0.242 e. The van der Waals surface area contributed by atoms with Crippen molar-refractivity contribution in [1.82, 2.24) is 10.6 Å². The highest BCUT2D eigenvalue weighted by Gasteiger charge is 2.22. The summed E-state index contributed by atoms with van der Waals surface area (Å²) in [6.45, 7) is 9.10. The van der Waals surface area contributed by atoms with E-state index in [1.54, 1.807) is 6.92 Å². The smallest absolute Gasteiger partial charge is 0.242 e. The van der Waals surface area contributed by atoms with Gasteiger partial charge in [0.05, 0.1) is 6.04 Å². The zero-order valence-corrected chi connectivity index (χ0v) is 10.7. The molecule has 0 radical (unpaired) electrons. The van der Waals surface area contributed by atoms with Gasteiger partial charge in [-0.05, 0) is 26.7 Å². The summed E-state index contributed by atoms with van der Waals surface area (Å²) >= 11 is 0. The fraction of sp³-hybridized carbons (Fsp3) is 0.818. The molecule has 0 aromatic carbocycles. The van der Waals surface area contributed by atoms with Crippen molar-refractivity contribution in [2.24, 2.45) is 11.7 Å². The van der Waals surface area contributed by atoms with E-state index in [2.05, 4.69) is 10.6 Å². The van der Waals surface area contributed by atoms with E-state index in [-0.39, 0.29) is 23.8 Å². The van der Waals surface area contributed by atoms with Gasteiger partial charge < -0.3 is 16.4 Å². The van der Waals surface area contributed by atoms with Crippen LogP contribution in [0.3, 0.4) is 0 Å². The molecule has 0 saturated carbocycles. The molecule has 0 aliphatic carbocycles. The molecule has 94 valence electrons. The van der Waals surface area contributed by atoms with Crippen LogP contribution in [-0.2, 0) is 9.59 Å². The first kappa shape index (κ1) is 14.9. The van der Waals surface area contributed by atoms with E-state index in [1.165, 1.54) is 0 Å². The highest BCUT2D eigenvalue weighted by molar-refractivity contribution is 5.89. The summed E-state index contributed by atoms with van der Waals surface area (Å²) in [5.41, 5.74) is 5.67.